The lowest BCUT2D eigenvalue weighted by molar-refractivity contribution is -0.383. The van der Waals surface area contributed by atoms with Crippen molar-refractivity contribution >= 4 is 22.7 Å². The van der Waals surface area contributed by atoms with Crippen LogP contribution in [0.15, 0.2) is 43.0 Å². The Kier molecular flexibility index (Phi) is 3.42. The van der Waals surface area contributed by atoms with Gasteiger partial charge in [-0.3, -0.25) is 19.8 Å². The minimum atomic E-state index is -0.397. The third-order valence-corrected chi connectivity index (χ3v) is 3.43. The summed E-state index contributed by atoms with van der Waals surface area (Å²) >= 11 is 0. The van der Waals surface area contributed by atoms with Gasteiger partial charge >= 0.3 is 0 Å². The minimum absolute atomic E-state index is 0.0378. The normalized spacial score (nSPS) is 10.8. The van der Waals surface area contributed by atoms with E-state index in [1.54, 1.807) is 10.7 Å². The maximum absolute atomic E-state index is 11.2. The summed E-state index contributed by atoms with van der Waals surface area (Å²) in [5.41, 5.74) is 3.02. The summed E-state index contributed by atoms with van der Waals surface area (Å²) in [5, 5.41) is 16.2. The van der Waals surface area contributed by atoms with Crippen LogP contribution in [-0.2, 0) is 6.54 Å². The van der Waals surface area contributed by atoms with Crippen molar-refractivity contribution in [2.75, 3.05) is 0 Å². The molecular formula is C16H14N4O2. The van der Waals surface area contributed by atoms with Gasteiger partial charge in [-0.25, -0.2) is 0 Å². The highest BCUT2D eigenvalue weighted by Gasteiger charge is 2.19. The fraction of sp³-hybridized carbons (Fsp3) is 0.125. The summed E-state index contributed by atoms with van der Waals surface area (Å²) < 4.78 is 1.72. The van der Waals surface area contributed by atoms with E-state index in [-0.39, 0.29) is 5.69 Å². The van der Waals surface area contributed by atoms with Gasteiger partial charge in [-0.2, -0.15) is 5.10 Å². The summed E-state index contributed by atoms with van der Waals surface area (Å²) in [6, 6.07) is 10.7. The van der Waals surface area contributed by atoms with Crippen molar-refractivity contribution in [1.82, 2.24) is 14.8 Å². The Morgan fingerprint density at radius 2 is 2.09 bits per heavy atom. The molecule has 0 fully saturated rings. The fourth-order valence-corrected chi connectivity index (χ4v) is 2.50. The number of rotatable bonds is 4. The quantitative estimate of drug-likeness (QED) is 0.546. The lowest BCUT2D eigenvalue weighted by atomic mass is 10.1. The smallest absolute Gasteiger partial charge is 0.258 e. The van der Waals surface area contributed by atoms with Crippen LogP contribution in [0, 0.1) is 17.0 Å². The van der Waals surface area contributed by atoms with Crippen molar-refractivity contribution in [1.29, 1.82) is 0 Å². The van der Waals surface area contributed by atoms with Crippen LogP contribution in [-0.4, -0.2) is 19.7 Å². The predicted molar refractivity (Wildman–Crippen MR) is 84.6 cm³/mol. The van der Waals surface area contributed by atoms with E-state index >= 15 is 0 Å². The van der Waals surface area contributed by atoms with Crippen molar-refractivity contribution in [3.05, 3.63) is 70.2 Å². The molecule has 0 N–H and O–H groups in total. The molecule has 0 saturated heterocycles. The summed E-state index contributed by atoms with van der Waals surface area (Å²) in [7, 11) is 0. The molecule has 0 atom stereocenters. The van der Waals surface area contributed by atoms with Gasteiger partial charge in [0.25, 0.3) is 5.69 Å². The van der Waals surface area contributed by atoms with E-state index in [1.165, 1.54) is 12.1 Å². The Morgan fingerprint density at radius 1 is 1.32 bits per heavy atom. The van der Waals surface area contributed by atoms with Gasteiger partial charge in [0.1, 0.15) is 5.39 Å². The van der Waals surface area contributed by atoms with Crippen LogP contribution in [0.2, 0.25) is 0 Å². The lowest BCUT2D eigenvalue weighted by Gasteiger charge is -2.04. The molecule has 0 bridgehead atoms. The van der Waals surface area contributed by atoms with E-state index in [1.807, 2.05) is 31.2 Å². The zero-order valence-corrected chi connectivity index (χ0v) is 12.1. The first-order valence-corrected chi connectivity index (χ1v) is 6.79. The molecule has 0 amide bonds. The number of hydrogen-bond donors (Lipinski definition) is 0. The first kappa shape index (κ1) is 13.9. The largest absolute Gasteiger partial charge is 0.281 e. The molecule has 0 radical (unpaired) electrons. The molecule has 6 heteroatoms. The molecule has 0 aliphatic carbocycles. The van der Waals surface area contributed by atoms with Gasteiger partial charge in [-0.1, -0.05) is 18.7 Å². The third-order valence-electron chi connectivity index (χ3n) is 3.43. The lowest BCUT2D eigenvalue weighted by Crippen LogP contribution is -2.04. The Balaban J connectivity index is 2.17. The fourth-order valence-electron chi connectivity index (χ4n) is 2.50. The van der Waals surface area contributed by atoms with Gasteiger partial charge in [0.15, 0.2) is 0 Å². The molecule has 0 saturated carbocycles. The number of aryl methyl sites for hydroxylation is 1. The molecule has 110 valence electrons. The summed E-state index contributed by atoms with van der Waals surface area (Å²) in [6.45, 7) is 6.07. The average molecular weight is 294 g/mol. The van der Waals surface area contributed by atoms with Crippen LogP contribution in [0.1, 0.15) is 17.1 Å². The maximum atomic E-state index is 11.2. The van der Waals surface area contributed by atoms with Crippen LogP contribution >= 0.6 is 0 Å². The van der Waals surface area contributed by atoms with Crippen molar-refractivity contribution < 1.29 is 4.92 Å². The molecule has 3 rings (SSSR count). The highest BCUT2D eigenvalue weighted by Crippen LogP contribution is 2.29. The van der Waals surface area contributed by atoms with Gasteiger partial charge in [0.2, 0.25) is 0 Å². The minimum Gasteiger partial charge on any atom is -0.258 e. The molecular weight excluding hydrogens is 280 g/mol. The van der Waals surface area contributed by atoms with E-state index in [0.717, 1.165) is 11.4 Å². The number of benzene rings is 1. The Labute approximate surface area is 126 Å². The van der Waals surface area contributed by atoms with Crippen molar-refractivity contribution in [2.45, 2.75) is 13.5 Å². The second kappa shape index (κ2) is 5.40. The first-order chi connectivity index (χ1) is 10.6. The van der Waals surface area contributed by atoms with E-state index in [4.69, 9.17) is 0 Å². The first-order valence-electron chi connectivity index (χ1n) is 6.79. The van der Waals surface area contributed by atoms with Gasteiger partial charge in [0.05, 0.1) is 28.4 Å². The average Bonchev–Trinajstić information content (AvgIpc) is 2.85. The highest BCUT2D eigenvalue weighted by atomic mass is 16.6. The SMILES string of the molecule is C=Cc1nn(Cc2cccc(C)n2)c2cccc([N+](=O)[O-])c12. The number of nitrogens with zero attached hydrogens (tertiary/aromatic N) is 4. The van der Waals surface area contributed by atoms with Crippen molar-refractivity contribution in [2.24, 2.45) is 0 Å². The molecule has 22 heavy (non-hydrogen) atoms. The van der Waals surface area contributed by atoms with Crippen LogP contribution in [0.3, 0.4) is 0 Å². The summed E-state index contributed by atoms with van der Waals surface area (Å²) in [6.07, 6.45) is 1.54. The number of pyridine rings is 1. The molecule has 3 aromatic rings. The van der Waals surface area contributed by atoms with Crippen LogP contribution in [0.4, 0.5) is 5.69 Å². The van der Waals surface area contributed by atoms with E-state index in [2.05, 4.69) is 16.7 Å². The predicted octanol–water partition coefficient (Wildman–Crippen LogP) is 3.34. The zero-order valence-electron chi connectivity index (χ0n) is 12.1. The van der Waals surface area contributed by atoms with E-state index < -0.39 is 4.92 Å². The zero-order chi connectivity index (χ0) is 15.7. The standard InChI is InChI=1S/C16H14N4O2/c1-3-13-16-14(8-5-9-15(16)20(21)22)19(18-13)10-12-7-4-6-11(2)17-12/h3-9H,1,10H2,2H3. The van der Waals surface area contributed by atoms with E-state index in [9.17, 15) is 10.1 Å². The number of nitro groups is 1. The topological polar surface area (TPSA) is 73.8 Å². The van der Waals surface area contributed by atoms with Gasteiger partial charge in [-0.05, 0) is 31.2 Å². The van der Waals surface area contributed by atoms with Gasteiger partial charge < -0.3 is 0 Å². The number of fused-ring (bicyclic) bond motifs is 1. The molecule has 2 aromatic heterocycles. The van der Waals surface area contributed by atoms with Crippen molar-refractivity contribution in [3.8, 4) is 0 Å². The third kappa shape index (κ3) is 2.35. The van der Waals surface area contributed by atoms with Crippen molar-refractivity contribution in [3.63, 3.8) is 0 Å². The highest BCUT2D eigenvalue weighted by molar-refractivity contribution is 5.94. The molecule has 2 heterocycles. The van der Waals surface area contributed by atoms with E-state index in [0.29, 0.717) is 23.1 Å². The number of aromatic nitrogens is 3. The molecule has 0 aliphatic heterocycles. The summed E-state index contributed by atoms with van der Waals surface area (Å²) in [4.78, 5) is 15.3. The number of hydrogen-bond acceptors (Lipinski definition) is 4. The second-order valence-corrected chi connectivity index (χ2v) is 4.95. The molecule has 1 aromatic carbocycles. The van der Waals surface area contributed by atoms with Crippen LogP contribution in [0.25, 0.3) is 17.0 Å². The molecule has 0 aliphatic rings. The van der Waals surface area contributed by atoms with Crippen LogP contribution < -0.4 is 0 Å². The number of nitro benzene ring substituents is 1. The molecule has 6 nitrogen and oxygen atoms in total. The monoisotopic (exact) mass is 294 g/mol. The van der Waals surface area contributed by atoms with Gasteiger partial charge in [-0.15, -0.1) is 0 Å². The number of non-ortho nitro benzene ring substituents is 1. The Bertz CT molecular complexity index is 883. The summed E-state index contributed by atoms with van der Waals surface area (Å²) in [5.74, 6) is 0. The Morgan fingerprint density at radius 3 is 2.77 bits per heavy atom. The molecule has 0 unspecified atom stereocenters. The van der Waals surface area contributed by atoms with Crippen LogP contribution in [0.5, 0.6) is 0 Å². The Hall–Kier alpha value is -3.02. The van der Waals surface area contributed by atoms with Gasteiger partial charge in [0, 0.05) is 11.8 Å². The second-order valence-electron chi connectivity index (χ2n) is 4.95. The molecule has 0 spiro atoms. The maximum Gasteiger partial charge on any atom is 0.281 e.